The molecule has 1 aromatic carbocycles. The minimum absolute atomic E-state index is 0.166. The van der Waals surface area contributed by atoms with Gasteiger partial charge >= 0.3 is 12.0 Å². The number of urea groups is 1. The standard InChI is InChI=1S/C19H27N3O5/c1-26-16-7-15(8-17(9-16)27-2)21-5-3-13(11-21)10-20-19(25)22-6-4-14(12-22)18(23)24/h7-9,13-14H,3-6,10-12H2,1-2H3,(H,20,25)(H,23,24). The quantitative estimate of drug-likeness (QED) is 0.783. The Labute approximate surface area is 159 Å². The van der Waals surface area contributed by atoms with Crippen LogP contribution >= 0.6 is 0 Å². The number of hydrogen-bond acceptors (Lipinski definition) is 5. The minimum Gasteiger partial charge on any atom is -0.497 e. The predicted molar refractivity (Wildman–Crippen MR) is 101 cm³/mol. The summed E-state index contributed by atoms with van der Waals surface area (Å²) in [5.41, 5.74) is 1.05. The lowest BCUT2D eigenvalue weighted by Crippen LogP contribution is -2.41. The molecule has 2 atom stereocenters. The zero-order valence-corrected chi connectivity index (χ0v) is 15.8. The molecule has 2 heterocycles. The molecule has 0 spiro atoms. The van der Waals surface area contributed by atoms with E-state index in [-0.39, 0.29) is 6.03 Å². The number of carboxylic acids is 1. The van der Waals surface area contributed by atoms with Crippen molar-refractivity contribution < 1.29 is 24.2 Å². The van der Waals surface area contributed by atoms with Gasteiger partial charge in [0.05, 0.1) is 20.1 Å². The van der Waals surface area contributed by atoms with Crippen LogP contribution in [-0.4, -0.2) is 69.0 Å². The molecule has 2 amide bonds. The first-order valence-corrected chi connectivity index (χ1v) is 9.23. The number of carboxylic acid groups (broad SMARTS) is 1. The van der Waals surface area contributed by atoms with Gasteiger partial charge in [0.25, 0.3) is 0 Å². The third kappa shape index (κ3) is 4.56. The SMILES string of the molecule is COc1cc(OC)cc(N2CCC(CNC(=O)N3CCC(C(=O)O)C3)C2)c1. The highest BCUT2D eigenvalue weighted by atomic mass is 16.5. The number of carbonyl (C=O) groups is 2. The lowest BCUT2D eigenvalue weighted by molar-refractivity contribution is -0.141. The molecule has 2 N–H and O–H groups in total. The van der Waals surface area contributed by atoms with E-state index in [1.807, 2.05) is 18.2 Å². The average molecular weight is 377 g/mol. The third-order valence-electron chi connectivity index (χ3n) is 5.35. The first kappa shape index (κ1) is 19.1. The number of likely N-dealkylation sites (tertiary alicyclic amines) is 1. The number of amides is 2. The monoisotopic (exact) mass is 377 g/mol. The Balaban J connectivity index is 1.50. The summed E-state index contributed by atoms with van der Waals surface area (Å²) in [6.45, 7) is 3.13. The molecule has 0 saturated carbocycles. The Hall–Kier alpha value is -2.64. The molecular weight excluding hydrogens is 350 g/mol. The molecule has 8 heteroatoms. The smallest absolute Gasteiger partial charge is 0.317 e. The average Bonchev–Trinajstić information content (AvgIpc) is 3.35. The van der Waals surface area contributed by atoms with Crippen LogP contribution in [0.3, 0.4) is 0 Å². The number of methoxy groups -OCH3 is 2. The summed E-state index contributed by atoms with van der Waals surface area (Å²) in [7, 11) is 3.27. The van der Waals surface area contributed by atoms with Gasteiger partial charge in [-0.3, -0.25) is 4.79 Å². The van der Waals surface area contributed by atoms with E-state index in [0.717, 1.165) is 36.7 Å². The highest BCUT2D eigenvalue weighted by Crippen LogP contribution is 2.31. The third-order valence-corrected chi connectivity index (χ3v) is 5.35. The topological polar surface area (TPSA) is 91.3 Å². The summed E-state index contributed by atoms with van der Waals surface area (Å²) in [5.74, 6) is 0.585. The second-order valence-corrected chi connectivity index (χ2v) is 7.13. The Morgan fingerprint density at radius 3 is 2.41 bits per heavy atom. The second-order valence-electron chi connectivity index (χ2n) is 7.13. The molecule has 2 aliphatic heterocycles. The molecule has 2 aliphatic rings. The van der Waals surface area contributed by atoms with Crippen LogP contribution in [0.25, 0.3) is 0 Å². The number of nitrogens with one attached hydrogen (secondary N) is 1. The molecule has 0 radical (unpaired) electrons. The lowest BCUT2D eigenvalue weighted by atomic mass is 10.1. The molecule has 2 saturated heterocycles. The van der Waals surface area contributed by atoms with Gasteiger partial charge in [0.2, 0.25) is 0 Å². The maximum atomic E-state index is 12.3. The number of carbonyl (C=O) groups excluding carboxylic acids is 1. The minimum atomic E-state index is -0.828. The van der Waals surface area contributed by atoms with Crippen LogP contribution in [-0.2, 0) is 4.79 Å². The molecule has 27 heavy (non-hydrogen) atoms. The normalized spacial score (nSPS) is 22.0. The maximum Gasteiger partial charge on any atom is 0.317 e. The highest BCUT2D eigenvalue weighted by Gasteiger charge is 2.31. The molecule has 0 aromatic heterocycles. The van der Waals surface area contributed by atoms with E-state index in [1.54, 1.807) is 19.1 Å². The van der Waals surface area contributed by atoms with Gasteiger partial charge in [-0.1, -0.05) is 0 Å². The van der Waals surface area contributed by atoms with Crippen molar-refractivity contribution in [2.45, 2.75) is 12.8 Å². The molecule has 0 bridgehead atoms. The summed E-state index contributed by atoms with van der Waals surface area (Å²) in [4.78, 5) is 27.1. The molecular formula is C19H27N3O5. The lowest BCUT2D eigenvalue weighted by Gasteiger charge is -2.21. The van der Waals surface area contributed by atoms with Crippen molar-refractivity contribution in [2.75, 3.05) is 51.8 Å². The van der Waals surface area contributed by atoms with E-state index < -0.39 is 11.9 Å². The number of anilines is 1. The van der Waals surface area contributed by atoms with Crippen LogP contribution < -0.4 is 19.7 Å². The van der Waals surface area contributed by atoms with Crippen LogP contribution in [0.15, 0.2) is 18.2 Å². The summed E-state index contributed by atoms with van der Waals surface area (Å²) < 4.78 is 10.7. The van der Waals surface area contributed by atoms with E-state index in [4.69, 9.17) is 14.6 Å². The van der Waals surface area contributed by atoms with Crippen molar-refractivity contribution in [1.82, 2.24) is 10.2 Å². The van der Waals surface area contributed by atoms with Crippen molar-refractivity contribution in [3.8, 4) is 11.5 Å². The van der Waals surface area contributed by atoms with Gasteiger partial charge in [0, 0.05) is 56.6 Å². The number of aliphatic carboxylic acids is 1. The van der Waals surface area contributed by atoms with Gasteiger partial charge in [-0.25, -0.2) is 4.79 Å². The van der Waals surface area contributed by atoms with Gasteiger partial charge in [-0.2, -0.15) is 0 Å². The van der Waals surface area contributed by atoms with Crippen LogP contribution in [0.1, 0.15) is 12.8 Å². The van der Waals surface area contributed by atoms with Crippen LogP contribution in [0.4, 0.5) is 10.5 Å². The van der Waals surface area contributed by atoms with Gasteiger partial charge in [0.1, 0.15) is 11.5 Å². The Kier molecular flexibility index (Phi) is 5.93. The maximum absolute atomic E-state index is 12.3. The number of nitrogens with zero attached hydrogens (tertiary/aromatic N) is 2. The van der Waals surface area contributed by atoms with Crippen LogP contribution in [0, 0.1) is 11.8 Å². The molecule has 2 unspecified atom stereocenters. The van der Waals surface area contributed by atoms with Crippen molar-refractivity contribution >= 4 is 17.7 Å². The zero-order chi connectivity index (χ0) is 19.4. The summed E-state index contributed by atoms with van der Waals surface area (Å²) in [6, 6.07) is 5.65. The second kappa shape index (κ2) is 8.37. The summed E-state index contributed by atoms with van der Waals surface area (Å²) in [5, 5.41) is 12.0. The summed E-state index contributed by atoms with van der Waals surface area (Å²) in [6.07, 6.45) is 1.51. The Morgan fingerprint density at radius 2 is 1.81 bits per heavy atom. The largest absolute Gasteiger partial charge is 0.497 e. The molecule has 0 aliphatic carbocycles. The van der Waals surface area contributed by atoms with E-state index in [1.165, 1.54) is 0 Å². The number of hydrogen-bond donors (Lipinski definition) is 2. The van der Waals surface area contributed by atoms with E-state index >= 15 is 0 Å². The molecule has 8 nitrogen and oxygen atoms in total. The van der Waals surface area contributed by atoms with Crippen molar-refractivity contribution in [3.63, 3.8) is 0 Å². The Bertz CT molecular complexity index is 674. The fourth-order valence-electron chi connectivity index (χ4n) is 3.70. The fourth-order valence-corrected chi connectivity index (χ4v) is 3.70. The van der Waals surface area contributed by atoms with Crippen molar-refractivity contribution in [1.29, 1.82) is 0 Å². The molecule has 2 fully saturated rings. The van der Waals surface area contributed by atoms with Crippen molar-refractivity contribution in [3.05, 3.63) is 18.2 Å². The molecule has 3 rings (SSSR count). The molecule has 1 aromatic rings. The van der Waals surface area contributed by atoms with Gasteiger partial charge in [0.15, 0.2) is 0 Å². The number of benzene rings is 1. The first-order chi connectivity index (χ1) is 13.0. The zero-order valence-electron chi connectivity index (χ0n) is 15.8. The van der Waals surface area contributed by atoms with E-state index in [0.29, 0.717) is 32.0 Å². The Morgan fingerprint density at radius 1 is 1.11 bits per heavy atom. The number of ether oxygens (including phenoxy) is 2. The molecule has 148 valence electrons. The van der Waals surface area contributed by atoms with Crippen LogP contribution in [0.2, 0.25) is 0 Å². The summed E-state index contributed by atoms with van der Waals surface area (Å²) >= 11 is 0. The highest BCUT2D eigenvalue weighted by molar-refractivity contribution is 5.77. The van der Waals surface area contributed by atoms with Gasteiger partial charge in [-0.05, 0) is 18.8 Å². The van der Waals surface area contributed by atoms with E-state index in [2.05, 4.69) is 10.2 Å². The first-order valence-electron chi connectivity index (χ1n) is 9.23. The predicted octanol–water partition coefficient (Wildman–Crippen LogP) is 1.65. The van der Waals surface area contributed by atoms with Gasteiger partial charge in [-0.15, -0.1) is 0 Å². The van der Waals surface area contributed by atoms with E-state index in [9.17, 15) is 9.59 Å². The number of rotatable bonds is 6. The fraction of sp³-hybridized carbons (Fsp3) is 0.579. The van der Waals surface area contributed by atoms with Crippen molar-refractivity contribution in [2.24, 2.45) is 11.8 Å². The van der Waals surface area contributed by atoms with Gasteiger partial charge < -0.3 is 29.7 Å². The van der Waals surface area contributed by atoms with Crippen LogP contribution in [0.5, 0.6) is 11.5 Å².